The van der Waals surface area contributed by atoms with Crippen LogP contribution in [0, 0.1) is 0 Å². The van der Waals surface area contributed by atoms with Gasteiger partial charge < -0.3 is 10.2 Å². The van der Waals surface area contributed by atoms with Gasteiger partial charge in [0.15, 0.2) is 0 Å². The molecule has 0 fully saturated rings. The summed E-state index contributed by atoms with van der Waals surface area (Å²) < 4.78 is 27.9. The third-order valence-corrected chi connectivity index (χ3v) is 9.56. The fourth-order valence-electron chi connectivity index (χ4n) is 4.62. The second-order valence-corrected chi connectivity index (χ2v) is 12.2. The number of nitrogens with one attached hydrogen (secondary N) is 1. The molecule has 2 amide bonds. The smallest absolute Gasteiger partial charge is 0.265 e. The van der Waals surface area contributed by atoms with E-state index in [4.69, 9.17) is 23.2 Å². The highest BCUT2D eigenvalue weighted by atomic mass is 35.5. The normalized spacial score (nSPS) is 15.3. The van der Waals surface area contributed by atoms with Crippen molar-refractivity contribution in [1.82, 2.24) is 10.2 Å². The number of benzene rings is 3. The molecule has 1 aliphatic rings. The van der Waals surface area contributed by atoms with E-state index in [2.05, 4.69) is 5.32 Å². The Morgan fingerprint density at radius 1 is 1.00 bits per heavy atom. The summed E-state index contributed by atoms with van der Waals surface area (Å²) in [6.45, 7) is 5.72. The number of carbonyl (C=O) groups excluding carboxylic acids is 2. The zero-order valence-corrected chi connectivity index (χ0v) is 23.9. The molecule has 3 aromatic carbocycles. The number of nitrogens with zero attached hydrogens (tertiary/aromatic N) is 2. The van der Waals surface area contributed by atoms with Crippen molar-refractivity contribution in [3.63, 3.8) is 0 Å². The van der Waals surface area contributed by atoms with Crippen LogP contribution in [0.25, 0.3) is 10.8 Å². The van der Waals surface area contributed by atoms with Crippen LogP contribution < -0.4 is 9.62 Å². The van der Waals surface area contributed by atoms with E-state index >= 15 is 0 Å². The van der Waals surface area contributed by atoms with Crippen molar-refractivity contribution in [3.05, 3.63) is 70.2 Å². The molecular formula is C28H31Cl2N3O4S. The molecule has 1 N–H and O–H groups in total. The Morgan fingerprint density at radius 2 is 1.63 bits per heavy atom. The van der Waals surface area contributed by atoms with Crippen LogP contribution in [0.15, 0.2) is 59.5 Å². The molecule has 7 nitrogen and oxygen atoms in total. The SMILES string of the molecule is CC[C@@H](C)NC(=O)[C@@H](C)N(Cc1c(Cl)cccc1Cl)C(=O)CCCN1c2cccc3cccc(c23)S1(=O)=O. The lowest BCUT2D eigenvalue weighted by Gasteiger charge is -2.30. The van der Waals surface area contributed by atoms with Crippen LogP contribution >= 0.6 is 23.2 Å². The number of hydrogen-bond donors (Lipinski definition) is 1. The van der Waals surface area contributed by atoms with Crippen LogP contribution in [0.5, 0.6) is 0 Å². The average Bonchev–Trinajstić information content (AvgIpc) is 3.11. The molecule has 38 heavy (non-hydrogen) atoms. The number of hydrogen-bond acceptors (Lipinski definition) is 4. The van der Waals surface area contributed by atoms with Crippen LogP contribution in [0.1, 0.15) is 45.6 Å². The summed E-state index contributed by atoms with van der Waals surface area (Å²) in [5.74, 6) is -0.569. The van der Waals surface area contributed by atoms with Crippen LogP contribution in [0.3, 0.4) is 0 Å². The van der Waals surface area contributed by atoms with Gasteiger partial charge in [0.1, 0.15) is 6.04 Å². The van der Waals surface area contributed by atoms with E-state index in [0.29, 0.717) is 26.7 Å². The molecule has 10 heteroatoms. The molecule has 0 saturated heterocycles. The Labute approximate surface area is 233 Å². The summed E-state index contributed by atoms with van der Waals surface area (Å²) in [6.07, 6.45) is 1.07. The van der Waals surface area contributed by atoms with Crippen molar-refractivity contribution in [2.75, 3.05) is 10.8 Å². The van der Waals surface area contributed by atoms with Crippen LogP contribution in [0.2, 0.25) is 10.0 Å². The predicted molar refractivity (Wildman–Crippen MR) is 152 cm³/mol. The highest BCUT2D eigenvalue weighted by Crippen LogP contribution is 2.42. The summed E-state index contributed by atoms with van der Waals surface area (Å²) in [5.41, 5.74) is 1.17. The van der Waals surface area contributed by atoms with Gasteiger partial charge in [0.25, 0.3) is 10.0 Å². The minimum absolute atomic E-state index is 0.0430. The topological polar surface area (TPSA) is 86.8 Å². The van der Waals surface area contributed by atoms with Gasteiger partial charge in [0.2, 0.25) is 11.8 Å². The second-order valence-electron chi connectivity index (χ2n) is 9.53. The summed E-state index contributed by atoms with van der Waals surface area (Å²) in [7, 11) is -3.71. The lowest BCUT2D eigenvalue weighted by atomic mass is 10.1. The molecular weight excluding hydrogens is 545 g/mol. The van der Waals surface area contributed by atoms with E-state index in [0.717, 1.165) is 11.8 Å². The summed E-state index contributed by atoms with van der Waals surface area (Å²) in [4.78, 5) is 28.2. The minimum Gasteiger partial charge on any atom is -0.352 e. The molecule has 2 atom stereocenters. The standard InChI is InChI=1S/C28H31Cl2N3O4S/c1-4-18(2)31-28(35)19(3)32(17-21-22(29)11-7-12-23(21)30)26(34)15-8-16-33-24-13-5-9-20-10-6-14-25(27(20)24)38(33,36)37/h5-7,9-14,18-19H,4,8,15-17H2,1-3H3,(H,31,35)/t18-,19-/m1/s1. The Hall–Kier alpha value is -2.81. The molecule has 3 aromatic rings. The molecule has 0 aromatic heterocycles. The first-order valence-corrected chi connectivity index (χ1v) is 14.8. The monoisotopic (exact) mass is 575 g/mol. The van der Waals surface area contributed by atoms with Crippen molar-refractivity contribution in [1.29, 1.82) is 0 Å². The largest absolute Gasteiger partial charge is 0.352 e. The molecule has 0 radical (unpaired) electrons. The van der Waals surface area contributed by atoms with Crippen LogP contribution in [-0.2, 0) is 26.2 Å². The van der Waals surface area contributed by atoms with Crippen LogP contribution in [-0.4, -0.2) is 43.8 Å². The number of sulfonamides is 1. The molecule has 0 aliphatic carbocycles. The maximum Gasteiger partial charge on any atom is 0.265 e. The molecule has 1 aliphatic heterocycles. The minimum atomic E-state index is -3.71. The van der Waals surface area contributed by atoms with Gasteiger partial charge in [-0.1, -0.05) is 60.5 Å². The maximum atomic E-state index is 13.5. The van der Waals surface area contributed by atoms with E-state index in [-0.39, 0.29) is 48.7 Å². The summed E-state index contributed by atoms with van der Waals surface area (Å²) in [5, 5.41) is 5.28. The zero-order chi connectivity index (χ0) is 27.6. The fraction of sp³-hybridized carbons (Fsp3) is 0.357. The summed E-state index contributed by atoms with van der Waals surface area (Å²) >= 11 is 12.8. The van der Waals surface area contributed by atoms with E-state index in [9.17, 15) is 18.0 Å². The third-order valence-electron chi connectivity index (χ3n) is 6.99. The molecule has 1 heterocycles. The lowest BCUT2D eigenvalue weighted by molar-refractivity contribution is -0.140. The van der Waals surface area contributed by atoms with Crippen molar-refractivity contribution in [2.24, 2.45) is 0 Å². The van der Waals surface area contributed by atoms with Crippen molar-refractivity contribution in [2.45, 2.75) is 63.6 Å². The fourth-order valence-corrected chi connectivity index (χ4v) is 6.88. The van der Waals surface area contributed by atoms with Gasteiger partial charge in [-0.05, 0) is 56.3 Å². The maximum absolute atomic E-state index is 13.5. The first kappa shape index (κ1) is 28.2. The molecule has 0 spiro atoms. The Kier molecular flexibility index (Phi) is 8.55. The molecule has 0 saturated carbocycles. The Balaban J connectivity index is 1.53. The average molecular weight is 577 g/mol. The molecule has 0 bridgehead atoms. The highest BCUT2D eigenvalue weighted by molar-refractivity contribution is 7.93. The van der Waals surface area contributed by atoms with Gasteiger partial charge in [-0.3, -0.25) is 13.9 Å². The number of anilines is 1. The van der Waals surface area contributed by atoms with E-state index < -0.39 is 16.1 Å². The predicted octanol–water partition coefficient (Wildman–Crippen LogP) is 5.77. The molecule has 202 valence electrons. The van der Waals surface area contributed by atoms with Crippen molar-refractivity contribution >= 4 is 61.5 Å². The van der Waals surface area contributed by atoms with E-state index in [1.165, 1.54) is 9.21 Å². The number of amides is 2. The first-order chi connectivity index (χ1) is 18.1. The molecule has 4 rings (SSSR count). The van der Waals surface area contributed by atoms with Crippen molar-refractivity contribution < 1.29 is 18.0 Å². The van der Waals surface area contributed by atoms with Gasteiger partial charge in [-0.15, -0.1) is 0 Å². The van der Waals surface area contributed by atoms with E-state index in [1.54, 1.807) is 43.3 Å². The van der Waals surface area contributed by atoms with Gasteiger partial charge in [-0.2, -0.15) is 0 Å². The number of rotatable bonds is 10. The van der Waals surface area contributed by atoms with Gasteiger partial charge in [-0.25, -0.2) is 8.42 Å². The van der Waals surface area contributed by atoms with Crippen molar-refractivity contribution in [3.8, 4) is 0 Å². The molecule has 0 unspecified atom stereocenters. The van der Waals surface area contributed by atoms with E-state index in [1.807, 2.05) is 32.0 Å². The van der Waals surface area contributed by atoms with Gasteiger partial charge >= 0.3 is 0 Å². The number of halogens is 2. The van der Waals surface area contributed by atoms with Gasteiger partial charge in [0, 0.05) is 46.5 Å². The highest BCUT2D eigenvalue weighted by Gasteiger charge is 2.35. The number of carbonyl (C=O) groups is 2. The zero-order valence-electron chi connectivity index (χ0n) is 21.6. The van der Waals surface area contributed by atoms with Crippen LogP contribution in [0.4, 0.5) is 5.69 Å². The quantitative estimate of drug-likeness (QED) is 0.332. The Morgan fingerprint density at radius 3 is 2.29 bits per heavy atom. The second kappa shape index (κ2) is 11.5. The third kappa shape index (κ3) is 5.48. The first-order valence-electron chi connectivity index (χ1n) is 12.6. The Bertz CT molecular complexity index is 1450. The van der Waals surface area contributed by atoms with Gasteiger partial charge in [0.05, 0.1) is 10.6 Å². The lowest BCUT2D eigenvalue weighted by Crippen LogP contribution is -2.49. The summed E-state index contributed by atoms with van der Waals surface area (Å²) in [6, 6.07) is 15.0.